The van der Waals surface area contributed by atoms with Crippen LogP contribution in [0, 0.1) is 10.1 Å². The molecule has 0 saturated heterocycles. The van der Waals surface area contributed by atoms with Gasteiger partial charge >= 0.3 is 0 Å². The number of benzene rings is 1. The number of hydrogen-bond donors (Lipinski definition) is 0. The highest BCUT2D eigenvalue weighted by Crippen LogP contribution is 2.10. The van der Waals surface area contributed by atoms with E-state index in [-0.39, 0.29) is 0 Å². The maximum Gasteiger partial charge on any atom is 0.207 e. The van der Waals surface area contributed by atoms with Gasteiger partial charge in [0.1, 0.15) is 0 Å². The summed E-state index contributed by atoms with van der Waals surface area (Å²) in [4.78, 5) is 10.4. The van der Waals surface area contributed by atoms with Crippen molar-refractivity contribution in [2.75, 3.05) is 0 Å². The summed E-state index contributed by atoms with van der Waals surface area (Å²) < 4.78 is 2.73. The first-order valence-electron chi connectivity index (χ1n) is 5.24. The smallest absolute Gasteiger partial charge is 0.207 e. The molecular weight excluding hydrogens is 298 g/mol. The fourth-order valence-electron chi connectivity index (χ4n) is 1.56. The second-order valence-electron chi connectivity index (χ2n) is 3.65. The van der Waals surface area contributed by atoms with E-state index in [1.165, 1.54) is 0 Å². The summed E-state index contributed by atoms with van der Waals surface area (Å²) in [7, 11) is 0. The zero-order chi connectivity index (χ0) is 13.0. The van der Waals surface area contributed by atoms with E-state index in [4.69, 9.17) is 0 Å². The third-order valence-electron chi connectivity index (χ3n) is 2.37. The number of pyridine rings is 1. The quantitative estimate of drug-likeness (QED) is 0.645. The van der Waals surface area contributed by atoms with Crippen molar-refractivity contribution in [3.05, 3.63) is 74.3 Å². The minimum absolute atomic E-state index is 0.324. The summed E-state index contributed by atoms with van der Waals surface area (Å²) in [6, 6.07) is 12.9. The topological polar surface area (TPSA) is 60.4 Å². The number of hydrogen-bond acceptors (Lipinski definition) is 2. The van der Waals surface area contributed by atoms with E-state index in [0.29, 0.717) is 12.0 Å². The maximum absolute atomic E-state index is 10.4. The van der Waals surface area contributed by atoms with Crippen LogP contribution in [0.2, 0.25) is 0 Å². The zero-order valence-corrected chi connectivity index (χ0v) is 10.9. The molecule has 0 aliphatic heterocycles. The van der Waals surface area contributed by atoms with Crippen molar-refractivity contribution in [2.24, 2.45) is 5.10 Å². The second-order valence-corrected chi connectivity index (χ2v) is 4.57. The van der Waals surface area contributed by atoms with Crippen LogP contribution in [0.1, 0.15) is 5.56 Å². The lowest BCUT2D eigenvalue weighted by molar-refractivity contribution is -0.490. The molecule has 1 aromatic carbocycles. The van der Waals surface area contributed by atoms with Gasteiger partial charge in [0.25, 0.3) is 0 Å². The Bertz CT molecular complexity index is 620. The summed E-state index contributed by atoms with van der Waals surface area (Å²) in [6.45, 7) is 0.542. The monoisotopic (exact) mass is 307 g/mol. The fourth-order valence-corrected chi connectivity index (χ4v) is 1.83. The first-order valence-corrected chi connectivity index (χ1v) is 6.03. The van der Waals surface area contributed by atoms with Gasteiger partial charge in [0, 0.05) is 17.2 Å². The molecule has 5 nitrogen and oxygen atoms in total. The van der Waals surface area contributed by atoms with Crippen LogP contribution in [-0.2, 0) is 6.54 Å². The van der Waals surface area contributed by atoms with Crippen molar-refractivity contribution in [3.8, 4) is 0 Å². The average molecular weight is 308 g/mol. The molecule has 0 bridgehead atoms. The highest BCUT2D eigenvalue weighted by molar-refractivity contribution is 9.10. The van der Waals surface area contributed by atoms with E-state index in [9.17, 15) is 10.1 Å². The van der Waals surface area contributed by atoms with Gasteiger partial charge in [-0.3, -0.25) is 0 Å². The Labute approximate surface area is 112 Å². The second kappa shape index (κ2) is 5.59. The molecule has 0 amide bonds. The molecule has 1 heterocycles. The molecule has 0 atom stereocenters. The third kappa shape index (κ3) is 3.27. The van der Waals surface area contributed by atoms with Crippen molar-refractivity contribution < 1.29 is 5.03 Å². The Morgan fingerprint density at radius 1 is 1.22 bits per heavy atom. The number of nitrogens with zero attached hydrogens (tertiary/aromatic N) is 3. The van der Waals surface area contributed by atoms with Crippen molar-refractivity contribution in [1.82, 2.24) is 4.57 Å². The van der Waals surface area contributed by atoms with Gasteiger partial charge in [0.05, 0.1) is 5.10 Å². The molecule has 2 rings (SSSR count). The van der Waals surface area contributed by atoms with Gasteiger partial charge in [-0.1, -0.05) is 34.1 Å². The molecule has 0 unspecified atom stereocenters. The predicted molar refractivity (Wildman–Crippen MR) is 70.2 cm³/mol. The van der Waals surface area contributed by atoms with E-state index in [0.717, 1.165) is 10.0 Å². The summed E-state index contributed by atoms with van der Waals surface area (Å²) in [5.41, 5.74) is 1.37. The van der Waals surface area contributed by atoms with Gasteiger partial charge in [0.15, 0.2) is 5.03 Å². The van der Waals surface area contributed by atoms with Gasteiger partial charge in [-0.2, -0.15) is 0 Å². The summed E-state index contributed by atoms with van der Waals surface area (Å²) >= 11 is 3.36. The molecule has 0 aliphatic rings. The van der Waals surface area contributed by atoms with Gasteiger partial charge < -0.3 is 4.57 Å². The van der Waals surface area contributed by atoms with Gasteiger partial charge in [-0.25, -0.2) is 10.1 Å². The molecule has 2 aromatic rings. The fraction of sp³-hybridized carbons (Fsp3) is 0.0833. The van der Waals surface area contributed by atoms with Crippen molar-refractivity contribution in [2.45, 2.75) is 6.54 Å². The minimum Gasteiger partial charge on any atom is -0.324 e. The molecule has 92 valence electrons. The SMILES string of the molecule is O=[N+]([O-])N=c1ccccn1Cc1ccc(Br)cc1. The Kier molecular flexibility index (Phi) is 3.88. The van der Waals surface area contributed by atoms with E-state index in [1.807, 2.05) is 30.3 Å². The first kappa shape index (κ1) is 12.5. The molecule has 18 heavy (non-hydrogen) atoms. The van der Waals surface area contributed by atoms with Crippen LogP contribution < -0.4 is 5.49 Å². The predicted octanol–water partition coefficient (Wildman–Crippen LogP) is 2.39. The van der Waals surface area contributed by atoms with E-state index < -0.39 is 5.03 Å². The summed E-state index contributed by atoms with van der Waals surface area (Å²) in [5.74, 6) is 0. The lowest BCUT2D eigenvalue weighted by Gasteiger charge is -2.05. The van der Waals surface area contributed by atoms with Crippen LogP contribution in [0.4, 0.5) is 0 Å². The number of aromatic nitrogens is 1. The van der Waals surface area contributed by atoms with Crippen LogP contribution in [-0.4, -0.2) is 9.60 Å². The van der Waals surface area contributed by atoms with Crippen LogP contribution in [0.5, 0.6) is 0 Å². The van der Waals surface area contributed by atoms with E-state index in [2.05, 4.69) is 21.0 Å². The number of halogens is 1. The Balaban J connectivity index is 2.35. The van der Waals surface area contributed by atoms with E-state index in [1.54, 1.807) is 22.9 Å². The van der Waals surface area contributed by atoms with Crippen molar-refractivity contribution >= 4 is 15.9 Å². The molecule has 0 spiro atoms. The molecule has 0 fully saturated rings. The van der Waals surface area contributed by atoms with Crippen molar-refractivity contribution in [1.29, 1.82) is 0 Å². The highest BCUT2D eigenvalue weighted by atomic mass is 79.9. The van der Waals surface area contributed by atoms with E-state index >= 15 is 0 Å². The summed E-state index contributed by atoms with van der Waals surface area (Å²) in [5, 5.41) is 13.1. The lowest BCUT2D eigenvalue weighted by atomic mass is 10.2. The first-order chi connectivity index (χ1) is 8.65. The summed E-state index contributed by atoms with van der Waals surface area (Å²) in [6.07, 6.45) is 1.77. The minimum atomic E-state index is -0.687. The Morgan fingerprint density at radius 2 is 1.94 bits per heavy atom. The number of rotatable bonds is 3. The Hall–Kier alpha value is -1.95. The zero-order valence-electron chi connectivity index (χ0n) is 9.36. The third-order valence-corrected chi connectivity index (χ3v) is 2.90. The van der Waals surface area contributed by atoms with Crippen LogP contribution in [0.3, 0.4) is 0 Å². The van der Waals surface area contributed by atoms with Crippen LogP contribution in [0.15, 0.2) is 58.2 Å². The molecule has 0 N–H and O–H groups in total. The average Bonchev–Trinajstić information content (AvgIpc) is 2.34. The normalized spacial score (nSPS) is 11.5. The largest absolute Gasteiger partial charge is 0.324 e. The molecular formula is C12H10BrN3O2. The maximum atomic E-state index is 10.4. The van der Waals surface area contributed by atoms with Crippen molar-refractivity contribution in [3.63, 3.8) is 0 Å². The standard InChI is InChI=1S/C12H10BrN3O2/c13-11-6-4-10(5-7-11)9-15-8-2-1-3-12(15)14-16(17)18/h1-8H,9H2. The molecule has 0 saturated carbocycles. The highest BCUT2D eigenvalue weighted by Gasteiger charge is 1.99. The Morgan fingerprint density at radius 3 is 2.61 bits per heavy atom. The van der Waals surface area contributed by atoms with Crippen LogP contribution >= 0.6 is 15.9 Å². The molecule has 6 heteroatoms. The van der Waals surface area contributed by atoms with Crippen LogP contribution in [0.25, 0.3) is 0 Å². The molecule has 0 aliphatic carbocycles. The van der Waals surface area contributed by atoms with Gasteiger partial charge in [0.2, 0.25) is 5.49 Å². The molecule has 0 radical (unpaired) electrons. The van der Waals surface area contributed by atoms with Gasteiger partial charge in [-0.15, -0.1) is 0 Å². The molecule has 1 aromatic heterocycles. The number of nitro groups is 1. The van der Waals surface area contributed by atoms with Gasteiger partial charge in [-0.05, 0) is 29.8 Å². The lowest BCUT2D eigenvalue weighted by Crippen LogP contribution is -2.21.